The maximum absolute atomic E-state index is 13.2. The molecule has 1 aliphatic rings. The number of unbranched alkanes of at least 4 members (excludes halogenated alkanes) is 1. The van der Waals surface area contributed by atoms with Crippen molar-refractivity contribution in [2.75, 3.05) is 18.0 Å². The predicted octanol–water partition coefficient (Wildman–Crippen LogP) is 5.74. The molecule has 37 heavy (non-hydrogen) atoms. The molecule has 4 aromatic rings. The lowest BCUT2D eigenvalue weighted by atomic mass is 9.81. The maximum atomic E-state index is 13.2. The average molecular weight is 494 g/mol. The van der Waals surface area contributed by atoms with Gasteiger partial charge in [-0.3, -0.25) is 4.98 Å². The lowest BCUT2D eigenvalue weighted by molar-refractivity contribution is 0.0243. The van der Waals surface area contributed by atoms with Crippen LogP contribution in [0.25, 0.3) is 10.9 Å². The lowest BCUT2D eigenvalue weighted by Crippen LogP contribution is -2.31. The van der Waals surface area contributed by atoms with Gasteiger partial charge in [0.25, 0.3) is 0 Å². The van der Waals surface area contributed by atoms with E-state index < -0.39 is 11.6 Å². The second-order valence-corrected chi connectivity index (χ2v) is 9.34. The third-order valence-corrected chi connectivity index (χ3v) is 7.28. The van der Waals surface area contributed by atoms with Crippen LogP contribution in [-0.4, -0.2) is 33.6 Å². The first-order valence-corrected chi connectivity index (χ1v) is 12.9. The van der Waals surface area contributed by atoms with E-state index in [9.17, 15) is 4.79 Å². The predicted molar refractivity (Wildman–Crippen MR) is 143 cm³/mol. The van der Waals surface area contributed by atoms with Gasteiger partial charge in [-0.2, -0.15) is 5.26 Å². The Morgan fingerprint density at radius 3 is 2.54 bits per heavy atom. The lowest BCUT2D eigenvalue weighted by Gasteiger charge is -2.30. The number of ether oxygens (including phenoxy) is 1. The van der Waals surface area contributed by atoms with Crippen molar-refractivity contribution in [1.82, 2.24) is 14.5 Å². The fourth-order valence-electron chi connectivity index (χ4n) is 5.58. The zero-order chi connectivity index (χ0) is 26.0. The van der Waals surface area contributed by atoms with E-state index >= 15 is 0 Å². The van der Waals surface area contributed by atoms with Crippen LogP contribution in [0, 0.1) is 18.3 Å². The monoisotopic (exact) mass is 493 g/mol. The number of carbonyl (C=O) groups excluding carboxylic acids is 1. The van der Waals surface area contributed by atoms with Crippen molar-refractivity contribution in [3.63, 3.8) is 0 Å². The summed E-state index contributed by atoms with van der Waals surface area (Å²) in [5.41, 5.74) is 4.43. The van der Waals surface area contributed by atoms with Gasteiger partial charge in [0.15, 0.2) is 5.69 Å². The summed E-state index contributed by atoms with van der Waals surface area (Å²) in [7, 11) is 0. The van der Waals surface area contributed by atoms with Crippen molar-refractivity contribution >= 4 is 22.6 Å². The summed E-state index contributed by atoms with van der Waals surface area (Å²) in [5.74, 6) is -0.474. The van der Waals surface area contributed by atoms with E-state index in [4.69, 9.17) is 10.00 Å². The molecule has 0 saturated heterocycles. The second-order valence-electron chi connectivity index (χ2n) is 9.34. The number of hydrogen-bond donors (Lipinski definition) is 0. The van der Waals surface area contributed by atoms with Gasteiger partial charge >= 0.3 is 5.97 Å². The molecule has 1 atom stereocenters. The number of esters is 1. The largest absolute Gasteiger partial charge is 0.438 e. The van der Waals surface area contributed by atoms with Crippen LogP contribution >= 0.6 is 0 Å². The van der Waals surface area contributed by atoms with E-state index in [1.165, 1.54) is 6.20 Å². The number of rotatable bonds is 9. The van der Waals surface area contributed by atoms with E-state index in [2.05, 4.69) is 70.5 Å². The summed E-state index contributed by atoms with van der Waals surface area (Å²) in [6, 6.07) is 18.6. The minimum Gasteiger partial charge on any atom is -0.438 e. The summed E-state index contributed by atoms with van der Waals surface area (Å²) < 4.78 is 8.58. The van der Waals surface area contributed by atoms with Gasteiger partial charge in [-0.15, -0.1) is 0 Å². The number of hydrogen-bond acceptors (Lipinski definition) is 6. The molecule has 2 aromatic carbocycles. The summed E-state index contributed by atoms with van der Waals surface area (Å²) >= 11 is 0. The van der Waals surface area contributed by atoms with Crippen molar-refractivity contribution < 1.29 is 9.53 Å². The van der Waals surface area contributed by atoms with E-state index in [-0.39, 0.29) is 5.69 Å². The van der Waals surface area contributed by atoms with Gasteiger partial charge in [-0.1, -0.05) is 43.7 Å². The molecule has 0 bridgehead atoms. The number of nitriles is 1. The van der Waals surface area contributed by atoms with Crippen LogP contribution in [0.5, 0.6) is 0 Å². The zero-order valence-electron chi connectivity index (χ0n) is 21.6. The maximum Gasteiger partial charge on any atom is 0.360 e. The molecular formula is C30H31N5O2. The molecule has 7 nitrogen and oxygen atoms in total. The van der Waals surface area contributed by atoms with E-state index in [0.29, 0.717) is 18.7 Å². The summed E-state index contributed by atoms with van der Waals surface area (Å²) in [5, 5.41) is 10.2. The minimum atomic E-state index is -1.22. The first kappa shape index (κ1) is 24.5. The molecule has 188 valence electrons. The Kier molecular flexibility index (Phi) is 6.66. The molecule has 3 heterocycles. The Morgan fingerprint density at radius 1 is 1.05 bits per heavy atom. The SMILES string of the molecule is CCCCN(CCC#N)c1ccc(C2(c3c(C)n(CC)c4ccccc34)OC(=O)c3nccnc32)cc1. The van der Waals surface area contributed by atoms with Gasteiger partial charge in [-0.25, -0.2) is 9.78 Å². The van der Waals surface area contributed by atoms with Crippen LogP contribution in [0.2, 0.25) is 0 Å². The van der Waals surface area contributed by atoms with Gasteiger partial charge in [0.05, 0.1) is 12.5 Å². The summed E-state index contributed by atoms with van der Waals surface area (Å²) in [4.78, 5) is 24.5. The highest BCUT2D eigenvalue weighted by Gasteiger charge is 2.53. The molecule has 5 rings (SSSR count). The molecular weight excluding hydrogens is 462 g/mol. The average Bonchev–Trinajstić information content (AvgIpc) is 3.39. The van der Waals surface area contributed by atoms with Crippen LogP contribution in [-0.2, 0) is 16.9 Å². The molecule has 0 amide bonds. The molecule has 0 aliphatic carbocycles. The Morgan fingerprint density at radius 2 is 1.81 bits per heavy atom. The molecule has 1 unspecified atom stereocenters. The highest BCUT2D eigenvalue weighted by molar-refractivity contribution is 5.96. The first-order valence-electron chi connectivity index (χ1n) is 12.9. The van der Waals surface area contributed by atoms with E-state index in [0.717, 1.165) is 59.3 Å². The van der Waals surface area contributed by atoms with Gasteiger partial charge < -0.3 is 14.2 Å². The number of carbonyl (C=O) groups is 1. The van der Waals surface area contributed by atoms with Crippen molar-refractivity contribution in [2.45, 2.75) is 52.2 Å². The number of fused-ring (bicyclic) bond motifs is 2. The molecule has 0 spiro atoms. The minimum absolute atomic E-state index is 0.248. The summed E-state index contributed by atoms with van der Waals surface area (Å²) in [6.07, 6.45) is 5.74. The van der Waals surface area contributed by atoms with Crippen molar-refractivity contribution in [3.8, 4) is 6.07 Å². The third-order valence-electron chi connectivity index (χ3n) is 7.28. The van der Waals surface area contributed by atoms with Gasteiger partial charge in [0.1, 0.15) is 5.69 Å². The molecule has 0 fully saturated rings. The van der Waals surface area contributed by atoms with Crippen molar-refractivity contribution in [2.24, 2.45) is 0 Å². The normalized spacial score (nSPS) is 16.4. The van der Waals surface area contributed by atoms with Gasteiger partial charge in [0, 0.05) is 65.4 Å². The smallest absolute Gasteiger partial charge is 0.360 e. The quantitative estimate of drug-likeness (QED) is 0.276. The first-order chi connectivity index (χ1) is 18.1. The second kappa shape index (κ2) is 10.1. The standard InChI is InChI=1S/C30H31N5O2/c1-4-6-19-34(20-9-16-31)23-14-12-22(13-15-23)30(28-27(29(36)37-30)32-17-18-33-28)26-21(3)35(5-2)25-11-8-7-10-24(25)26/h7-8,10-15,17-18H,4-6,9,19-20H2,1-3H3. The number of cyclic esters (lactones) is 1. The molecule has 0 saturated carbocycles. The molecule has 0 N–H and O–H groups in total. The molecule has 0 radical (unpaired) electrons. The Balaban J connectivity index is 1.72. The van der Waals surface area contributed by atoms with E-state index in [1.807, 2.05) is 24.3 Å². The Labute approximate surface area is 217 Å². The Bertz CT molecular complexity index is 1480. The summed E-state index contributed by atoms with van der Waals surface area (Å²) in [6.45, 7) is 8.70. The van der Waals surface area contributed by atoms with Crippen LogP contribution in [0.3, 0.4) is 0 Å². The van der Waals surface area contributed by atoms with Gasteiger partial charge in [0.2, 0.25) is 5.60 Å². The van der Waals surface area contributed by atoms with Crippen molar-refractivity contribution in [1.29, 1.82) is 5.26 Å². The number of aryl methyl sites for hydroxylation is 1. The number of anilines is 1. The van der Waals surface area contributed by atoms with Crippen LogP contribution in [0.1, 0.15) is 66.1 Å². The highest BCUT2D eigenvalue weighted by atomic mass is 16.6. The molecule has 1 aliphatic heterocycles. The third kappa shape index (κ3) is 3.93. The number of benzene rings is 2. The molecule has 2 aromatic heterocycles. The van der Waals surface area contributed by atoms with Crippen LogP contribution in [0.4, 0.5) is 5.69 Å². The van der Waals surface area contributed by atoms with Crippen LogP contribution < -0.4 is 4.90 Å². The van der Waals surface area contributed by atoms with E-state index in [1.54, 1.807) is 6.20 Å². The van der Waals surface area contributed by atoms with Crippen molar-refractivity contribution in [3.05, 3.63) is 89.1 Å². The number of nitrogens with zero attached hydrogens (tertiary/aromatic N) is 5. The van der Waals surface area contributed by atoms with Gasteiger partial charge in [-0.05, 0) is 38.5 Å². The Hall–Kier alpha value is -4.18. The molecule has 7 heteroatoms. The zero-order valence-corrected chi connectivity index (χ0v) is 21.6. The number of aromatic nitrogens is 3. The topological polar surface area (TPSA) is 84.0 Å². The highest BCUT2D eigenvalue weighted by Crippen LogP contribution is 2.49. The number of para-hydroxylation sites is 1. The van der Waals surface area contributed by atoms with Crippen LogP contribution in [0.15, 0.2) is 60.9 Å². The fourth-order valence-corrected chi connectivity index (χ4v) is 5.58. The fraction of sp³-hybridized carbons (Fsp3) is 0.333.